The number of nitrogens with zero attached hydrogens (tertiary/aromatic N) is 1. The van der Waals surface area contributed by atoms with Gasteiger partial charge in [-0.25, -0.2) is 0 Å². The summed E-state index contributed by atoms with van der Waals surface area (Å²) in [6.07, 6.45) is 1.22. The zero-order valence-corrected chi connectivity index (χ0v) is 15.5. The molecule has 1 atom stereocenters. The Morgan fingerprint density at radius 2 is 1.48 bits per heavy atom. The lowest BCUT2D eigenvalue weighted by molar-refractivity contribution is -0.143. The molecular weight excluding hydrogens is 316 g/mol. The predicted octanol–water partition coefficient (Wildman–Crippen LogP) is 3.03. The third kappa shape index (κ3) is 6.05. The van der Waals surface area contributed by atoms with E-state index < -0.39 is 0 Å². The molecule has 0 amide bonds. The molecule has 1 unspecified atom stereocenters. The van der Waals surface area contributed by atoms with E-state index in [0.29, 0.717) is 0 Å². The Balaban J connectivity index is 0.000000212. The number of benzene rings is 2. The van der Waals surface area contributed by atoms with E-state index >= 15 is 0 Å². The van der Waals surface area contributed by atoms with Gasteiger partial charge in [0.25, 0.3) is 0 Å². The average Bonchev–Trinajstić information content (AvgIpc) is 3.11. The molecule has 0 radical (unpaired) electrons. The van der Waals surface area contributed by atoms with Crippen molar-refractivity contribution in [3.05, 3.63) is 59.7 Å². The zero-order valence-electron chi connectivity index (χ0n) is 15.5. The van der Waals surface area contributed by atoms with E-state index in [1.54, 1.807) is 21.3 Å². The van der Waals surface area contributed by atoms with Gasteiger partial charge in [-0.05, 0) is 36.8 Å². The fourth-order valence-corrected chi connectivity index (χ4v) is 2.65. The number of aryl methyl sites for hydroxylation is 1. The highest BCUT2D eigenvalue weighted by Crippen LogP contribution is 2.15. The molecule has 136 valence electrons. The van der Waals surface area contributed by atoms with Crippen molar-refractivity contribution in [2.45, 2.75) is 19.5 Å². The molecule has 3 rings (SSSR count). The lowest BCUT2D eigenvalue weighted by atomic mass is 10.1. The van der Waals surface area contributed by atoms with Crippen LogP contribution in [0.1, 0.15) is 11.1 Å². The summed E-state index contributed by atoms with van der Waals surface area (Å²) in [5, 5.41) is 5.38. The van der Waals surface area contributed by atoms with Crippen LogP contribution >= 0.6 is 0 Å². The Kier molecular flexibility index (Phi) is 7.73. The van der Waals surface area contributed by atoms with Crippen LogP contribution < -0.4 is 14.8 Å². The quantitative estimate of drug-likeness (QED) is 0.903. The molecule has 25 heavy (non-hydrogen) atoms. The fraction of sp³-hybridized carbons (Fsp3) is 0.400. The number of nitrogens with one attached hydrogen (secondary N) is 1. The van der Waals surface area contributed by atoms with Gasteiger partial charge < -0.3 is 14.3 Å². The van der Waals surface area contributed by atoms with Gasteiger partial charge in [-0.2, -0.15) is 5.06 Å². The zero-order chi connectivity index (χ0) is 18.1. The number of rotatable bonds is 5. The summed E-state index contributed by atoms with van der Waals surface area (Å²) in [6.45, 7) is 3.98. The lowest BCUT2D eigenvalue weighted by Gasteiger charge is -2.21. The van der Waals surface area contributed by atoms with E-state index in [1.165, 1.54) is 11.1 Å². The highest BCUT2D eigenvalue weighted by molar-refractivity contribution is 5.27. The Morgan fingerprint density at radius 1 is 0.920 bits per heavy atom. The van der Waals surface area contributed by atoms with Gasteiger partial charge in [0.2, 0.25) is 0 Å². The maximum atomic E-state index is 5.29. The Bertz CT molecular complexity index is 614. The van der Waals surface area contributed by atoms with Gasteiger partial charge in [0.05, 0.1) is 27.5 Å². The van der Waals surface area contributed by atoms with Gasteiger partial charge in [0.1, 0.15) is 11.5 Å². The average molecular weight is 344 g/mol. The molecular formula is C20H28N2O3. The van der Waals surface area contributed by atoms with E-state index in [2.05, 4.69) is 24.4 Å². The summed E-state index contributed by atoms with van der Waals surface area (Å²) in [5.74, 6) is 1.81. The molecule has 0 saturated carbocycles. The van der Waals surface area contributed by atoms with Crippen molar-refractivity contribution in [1.29, 1.82) is 0 Å². The minimum Gasteiger partial charge on any atom is -0.497 e. The molecule has 1 heterocycles. The largest absolute Gasteiger partial charge is 0.497 e. The molecule has 5 heteroatoms. The normalized spacial score (nSPS) is 16.9. The molecule has 0 aliphatic carbocycles. The summed E-state index contributed by atoms with van der Waals surface area (Å²) in [6, 6.07) is 16.1. The first-order valence-electron chi connectivity index (χ1n) is 8.44. The summed E-state index contributed by atoms with van der Waals surface area (Å²) in [4.78, 5) is 5.29. The second-order valence-electron chi connectivity index (χ2n) is 5.86. The maximum Gasteiger partial charge on any atom is 0.118 e. The fourth-order valence-electron chi connectivity index (χ4n) is 2.65. The molecule has 1 N–H and O–H groups in total. The Labute approximate surface area is 150 Å². The molecule has 1 saturated heterocycles. The van der Waals surface area contributed by atoms with E-state index in [1.807, 2.05) is 41.5 Å². The molecule has 1 fully saturated rings. The molecule has 2 aromatic rings. The van der Waals surface area contributed by atoms with E-state index in [-0.39, 0.29) is 6.17 Å². The van der Waals surface area contributed by atoms with E-state index in [4.69, 9.17) is 14.3 Å². The second-order valence-corrected chi connectivity index (χ2v) is 5.86. The molecule has 0 spiro atoms. The van der Waals surface area contributed by atoms with Crippen LogP contribution in [-0.4, -0.2) is 45.6 Å². The van der Waals surface area contributed by atoms with Gasteiger partial charge in [-0.1, -0.05) is 29.8 Å². The highest BCUT2D eigenvalue weighted by Gasteiger charge is 2.23. The van der Waals surface area contributed by atoms with Crippen LogP contribution in [0, 0.1) is 6.92 Å². The van der Waals surface area contributed by atoms with Gasteiger partial charge >= 0.3 is 0 Å². The van der Waals surface area contributed by atoms with Crippen LogP contribution in [0.5, 0.6) is 11.5 Å². The third-order valence-corrected chi connectivity index (χ3v) is 4.14. The SMILES string of the molecule is COc1ccc(C)cc1.COc1ccc(CC2NCCN2OC)cc1. The van der Waals surface area contributed by atoms with Crippen molar-refractivity contribution in [2.24, 2.45) is 0 Å². The van der Waals surface area contributed by atoms with Gasteiger partial charge in [-0.15, -0.1) is 0 Å². The number of methoxy groups -OCH3 is 2. The summed E-state index contributed by atoms with van der Waals surface area (Å²) < 4.78 is 10.1. The smallest absolute Gasteiger partial charge is 0.118 e. The van der Waals surface area contributed by atoms with Crippen LogP contribution in [0.25, 0.3) is 0 Å². The van der Waals surface area contributed by atoms with Gasteiger partial charge in [0.15, 0.2) is 0 Å². The number of hydroxylamine groups is 2. The monoisotopic (exact) mass is 344 g/mol. The van der Waals surface area contributed by atoms with Gasteiger partial charge in [0, 0.05) is 19.5 Å². The first-order valence-corrected chi connectivity index (χ1v) is 8.44. The Morgan fingerprint density at radius 3 is 2.00 bits per heavy atom. The van der Waals surface area contributed by atoms with Crippen molar-refractivity contribution in [2.75, 3.05) is 34.4 Å². The maximum absolute atomic E-state index is 5.29. The van der Waals surface area contributed by atoms with Gasteiger partial charge in [-0.3, -0.25) is 5.32 Å². The van der Waals surface area contributed by atoms with Crippen LogP contribution in [0.4, 0.5) is 0 Å². The van der Waals surface area contributed by atoms with Crippen molar-refractivity contribution in [1.82, 2.24) is 10.4 Å². The topological polar surface area (TPSA) is 43.0 Å². The van der Waals surface area contributed by atoms with Crippen LogP contribution in [0.15, 0.2) is 48.5 Å². The number of ether oxygens (including phenoxy) is 2. The summed E-state index contributed by atoms with van der Waals surface area (Å²) in [5.41, 5.74) is 2.54. The molecule has 5 nitrogen and oxygen atoms in total. The highest BCUT2D eigenvalue weighted by atomic mass is 16.7. The summed E-state index contributed by atoms with van der Waals surface area (Å²) >= 11 is 0. The molecule has 2 aromatic carbocycles. The Hall–Kier alpha value is -2.08. The predicted molar refractivity (Wildman–Crippen MR) is 99.9 cm³/mol. The minimum atomic E-state index is 0.276. The molecule has 0 bridgehead atoms. The second kappa shape index (κ2) is 10.0. The summed E-state index contributed by atoms with van der Waals surface area (Å²) in [7, 11) is 5.07. The molecule has 0 aromatic heterocycles. The van der Waals surface area contributed by atoms with Crippen molar-refractivity contribution in [3.8, 4) is 11.5 Å². The van der Waals surface area contributed by atoms with E-state index in [0.717, 1.165) is 31.0 Å². The number of hydrogen-bond donors (Lipinski definition) is 1. The molecule has 1 aliphatic rings. The van der Waals surface area contributed by atoms with Crippen molar-refractivity contribution < 1.29 is 14.3 Å². The standard InChI is InChI=1S/C12H18N2O2.C8H10O/c1-15-11-5-3-10(4-6-11)9-12-13-7-8-14(12)16-2;1-7-3-5-8(9-2)6-4-7/h3-6,12-13H,7-9H2,1-2H3;3-6H,1-2H3. The molecule has 1 aliphatic heterocycles. The van der Waals surface area contributed by atoms with Crippen LogP contribution in [0.2, 0.25) is 0 Å². The van der Waals surface area contributed by atoms with Crippen molar-refractivity contribution in [3.63, 3.8) is 0 Å². The first-order chi connectivity index (χ1) is 12.2. The minimum absolute atomic E-state index is 0.276. The van der Waals surface area contributed by atoms with Crippen LogP contribution in [0.3, 0.4) is 0 Å². The number of hydrogen-bond acceptors (Lipinski definition) is 5. The van der Waals surface area contributed by atoms with Crippen molar-refractivity contribution >= 4 is 0 Å². The third-order valence-electron chi connectivity index (χ3n) is 4.14. The first kappa shape index (κ1) is 19.2. The lowest BCUT2D eigenvalue weighted by Crippen LogP contribution is -2.36. The van der Waals surface area contributed by atoms with E-state index in [9.17, 15) is 0 Å². The van der Waals surface area contributed by atoms with Crippen LogP contribution in [-0.2, 0) is 11.3 Å².